The highest BCUT2D eigenvalue weighted by Crippen LogP contribution is 2.41. The number of benzene rings is 2. The fourth-order valence-corrected chi connectivity index (χ4v) is 3.57. The molecule has 6 nitrogen and oxygen atoms in total. The molecule has 3 N–H and O–H groups in total. The summed E-state index contributed by atoms with van der Waals surface area (Å²) in [6, 6.07) is 11.5. The lowest BCUT2D eigenvalue weighted by atomic mass is 9.81. The number of hydrogen-bond acceptors (Lipinski definition) is 6. The molecule has 0 saturated carbocycles. The summed E-state index contributed by atoms with van der Waals surface area (Å²) in [6.07, 6.45) is -4.08. The molecule has 8 heteroatoms. The lowest BCUT2D eigenvalue weighted by molar-refractivity contribution is -0.194. The summed E-state index contributed by atoms with van der Waals surface area (Å²) in [5.41, 5.74) is -2.10. The lowest BCUT2D eigenvalue weighted by Crippen LogP contribution is -2.53. The van der Waals surface area contributed by atoms with Crippen molar-refractivity contribution in [2.45, 2.75) is 36.9 Å². The molecule has 0 radical (unpaired) electrons. The van der Waals surface area contributed by atoms with E-state index in [1.165, 1.54) is 55.5 Å². The van der Waals surface area contributed by atoms with E-state index in [4.69, 9.17) is 27.9 Å². The van der Waals surface area contributed by atoms with Crippen LogP contribution >= 0.6 is 23.2 Å². The SMILES string of the molecule is CC1(O)C[C@@](O)(C(=O)c2ccc(Cl)cc2)[C@@H](C(O)C(=O)c2ccc(Cl)cc2)O1. The summed E-state index contributed by atoms with van der Waals surface area (Å²) in [5.74, 6) is -3.49. The molecule has 2 aromatic carbocycles. The minimum absolute atomic E-state index is 0.101. The standard InChI is InChI=1S/C20H18Cl2O6/c1-19(26)10-20(27,17(25)12-4-8-14(22)9-5-12)18(28-19)16(24)15(23)11-2-6-13(21)7-3-11/h2-9,16,18,24,26-27H,10H2,1H3/t16?,18-,19?,20-/m1/s1. The van der Waals surface area contributed by atoms with Crippen LogP contribution in [0.15, 0.2) is 48.5 Å². The summed E-state index contributed by atoms with van der Waals surface area (Å²) >= 11 is 11.6. The first-order chi connectivity index (χ1) is 13.0. The number of ether oxygens (including phenoxy) is 1. The van der Waals surface area contributed by atoms with Gasteiger partial charge >= 0.3 is 0 Å². The second-order valence-electron chi connectivity index (χ2n) is 6.97. The van der Waals surface area contributed by atoms with Crippen LogP contribution in [0.4, 0.5) is 0 Å². The maximum absolute atomic E-state index is 13.0. The zero-order valence-electron chi connectivity index (χ0n) is 14.8. The van der Waals surface area contributed by atoms with Gasteiger partial charge in [-0.25, -0.2) is 0 Å². The minimum Gasteiger partial charge on any atom is -0.382 e. The molecule has 148 valence electrons. The van der Waals surface area contributed by atoms with Crippen LogP contribution in [0.2, 0.25) is 10.0 Å². The molecule has 0 aromatic heterocycles. The van der Waals surface area contributed by atoms with E-state index in [9.17, 15) is 24.9 Å². The van der Waals surface area contributed by atoms with Crippen LogP contribution in [0.3, 0.4) is 0 Å². The number of carbonyl (C=O) groups is 2. The quantitative estimate of drug-likeness (QED) is 0.637. The smallest absolute Gasteiger partial charge is 0.197 e. The third-order valence-electron chi connectivity index (χ3n) is 4.63. The zero-order chi connectivity index (χ0) is 20.7. The van der Waals surface area contributed by atoms with Gasteiger partial charge in [0.1, 0.15) is 12.2 Å². The van der Waals surface area contributed by atoms with E-state index in [0.717, 1.165) is 0 Å². The second-order valence-corrected chi connectivity index (χ2v) is 7.84. The number of aliphatic hydroxyl groups is 3. The van der Waals surface area contributed by atoms with Crippen molar-refractivity contribution >= 4 is 34.8 Å². The van der Waals surface area contributed by atoms with Crippen LogP contribution in [0.1, 0.15) is 34.1 Å². The summed E-state index contributed by atoms with van der Waals surface area (Å²) in [5, 5.41) is 32.8. The fraction of sp³-hybridized carbons (Fsp3) is 0.300. The average Bonchev–Trinajstić information content (AvgIpc) is 2.91. The molecule has 2 unspecified atom stereocenters. The molecule has 0 bridgehead atoms. The maximum Gasteiger partial charge on any atom is 0.197 e. The third-order valence-corrected chi connectivity index (χ3v) is 5.14. The van der Waals surface area contributed by atoms with E-state index in [0.29, 0.717) is 10.0 Å². The van der Waals surface area contributed by atoms with Gasteiger partial charge in [0.05, 0.1) is 0 Å². The molecule has 28 heavy (non-hydrogen) atoms. The maximum atomic E-state index is 13.0. The van der Waals surface area contributed by atoms with Crippen LogP contribution < -0.4 is 0 Å². The van der Waals surface area contributed by atoms with Crippen LogP contribution in [0, 0.1) is 0 Å². The van der Waals surface area contributed by atoms with Gasteiger partial charge in [-0.1, -0.05) is 23.2 Å². The number of Topliss-reactive ketones (excluding diaryl/α,β-unsaturated/α-hetero) is 2. The van der Waals surface area contributed by atoms with Crippen molar-refractivity contribution in [1.29, 1.82) is 0 Å². The zero-order valence-corrected chi connectivity index (χ0v) is 16.3. The summed E-state index contributed by atoms with van der Waals surface area (Å²) in [6.45, 7) is 1.24. The molecule has 1 aliphatic heterocycles. The number of rotatable bonds is 5. The van der Waals surface area contributed by atoms with Gasteiger partial charge in [0.25, 0.3) is 0 Å². The lowest BCUT2D eigenvalue weighted by Gasteiger charge is -2.29. The van der Waals surface area contributed by atoms with E-state index < -0.39 is 41.6 Å². The first-order valence-corrected chi connectivity index (χ1v) is 9.20. The number of hydrogen-bond donors (Lipinski definition) is 3. The Morgan fingerprint density at radius 3 is 1.96 bits per heavy atom. The predicted molar refractivity (Wildman–Crippen MR) is 103 cm³/mol. The highest BCUT2D eigenvalue weighted by atomic mass is 35.5. The van der Waals surface area contributed by atoms with Gasteiger partial charge in [-0.2, -0.15) is 0 Å². The van der Waals surface area contributed by atoms with Crippen LogP contribution in [0.25, 0.3) is 0 Å². The van der Waals surface area contributed by atoms with Crippen molar-refractivity contribution in [1.82, 2.24) is 0 Å². The second kappa shape index (κ2) is 7.55. The summed E-state index contributed by atoms with van der Waals surface area (Å²) < 4.78 is 5.32. The molecular formula is C20H18Cl2O6. The summed E-state index contributed by atoms with van der Waals surface area (Å²) in [7, 11) is 0. The van der Waals surface area contributed by atoms with Gasteiger partial charge in [0.15, 0.2) is 23.0 Å². The Morgan fingerprint density at radius 2 is 1.46 bits per heavy atom. The molecule has 2 aromatic rings. The topological polar surface area (TPSA) is 104 Å². The molecule has 0 spiro atoms. The Morgan fingerprint density at radius 1 is 1.00 bits per heavy atom. The molecule has 0 aliphatic carbocycles. The Labute approximate surface area is 171 Å². The van der Waals surface area contributed by atoms with Gasteiger partial charge in [-0.3, -0.25) is 9.59 Å². The molecule has 1 fully saturated rings. The van der Waals surface area contributed by atoms with Gasteiger partial charge in [0.2, 0.25) is 0 Å². The van der Waals surface area contributed by atoms with Crippen molar-refractivity contribution in [2.75, 3.05) is 0 Å². The number of halogens is 2. The molecular weight excluding hydrogens is 407 g/mol. The number of ketones is 2. The number of aliphatic hydroxyl groups excluding tert-OH is 1. The first kappa shape index (κ1) is 20.9. The average molecular weight is 425 g/mol. The molecule has 1 aliphatic rings. The molecule has 4 atom stereocenters. The Hall–Kier alpha value is -1.80. The van der Waals surface area contributed by atoms with Gasteiger partial charge < -0.3 is 20.1 Å². The number of carbonyl (C=O) groups excluding carboxylic acids is 2. The Balaban J connectivity index is 1.94. The van der Waals surface area contributed by atoms with E-state index in [-0.39, 0.29) is 11.1 Å². The van der Waals surface area contributed by atoms with Crippen LogP contribution in [-0.2, 0) is 4.74 Å². The highest BCUT2D eigenvalue weighted by molar-refractivity contribution is 6.31. The molecule has 1 heterocycles. The van der Waals surface area contributed by atoms with Crippen LogP contribution in [-0.4, -0.2) is 50.5 Å². The Kier molecular flexibility index (Phi) is 5.64. The largest absolute Gasteiger partial charge is 0.382 e. The minimum atomic E-state index is -2.32. The molecule has 0 amide bonds. The van der Waals surface area contributed by atoms with E-state index in [2.05, 4.69) is 0 Å². The van der Waals surface area contributed by atoms with Crippen molar-refractivity contribution in [2.24, 2.45) is 0 Å². The molecule has 3 rings (SSSR count). The van der Waals surface area contributed by atoms with Crippen molar-refractivity contribution in [3.05, 3.63) is 69.7 Å². The van der Waals surface area contributed by atoms with Crippen molar-refractivity contribution in [3.63, 3.8) is 0 Å². The fourth-order valence-electron chi connectivity index (χ4n) is 3.32. The Bertz CT molecular complexity index is 894. The van der Waals surface area contributed by atoms with E-state index >= 15 is 0 Å². The van der Waals surface area contributed by atoms with Crippen molar-refractivity contribution < 1.29 is 29.6 Å². The first-order valence-electron chi connectivity index (χ1n) is 8.44. The van der Waals surface area contributed by atoms with Crippen molar-refractivity contribution in [3.8, 4) is 0 Å². The van der Waals surface area contributed by atoms with E-state index in [1.807, 2.05) is 0 Å². The molecule has 1 saturated heterocycles. The van der Waals surface area contributed by atoms with Gasteiger partial charge in [-0.15, -0.1) is 0 Å². The van der Waals surface area contributed by atoms with Gasteiger partial charge in [-0.05, 0) is 55.5 Å². The predicted octanol–water partition coefficient (Wildman–Crippen LogP) is 2.65. The monoisotopic (exact) mass is 424 g/mol. The van der Waals surface area contributed by atoms with Gasteiger partial charge in [0, 0.05) is 27.6 Å². The summed E-state index contributed by atoms with van der Waals surface area (Å²) in [4.78, 5) is 25.6. The van der Waals surface area contributed by atoms with Crippen LogP contribution in [0.5, 0.6) is 0 Å². The van der Waals surface area contributed by atoms with E-state index in [1.54, 1.807) is 0 Å². The normalized spacial score (nSPS) is 28.1. The third kappa shape index (κ3) is 3.98. The highest BCUT2D eigenvalue weighted by Gasteiger charge is 2.60.